The molecule has 1 N–H and O–H groups in total. The normalized spacial score (nSPS) is 18.5. The van der Waals surface area contributed by atoms with Crippen LogP contribution in [0.25, 0.3) is 5.57 Å². The summed E-state index contributed by atoms with van der Waals surface area (Å²) in [6.07, 6.45) is 2.31. The maximum atomic E-state index is 11.9. The van der Waals surface area contributed by atoms with Crippen LogP contribution in [0, 0.1) is 0 Å². The van der Waals surface area contributed by atoms with Crippen molar-refractivity contribution in [2.75, 3.05) is 12.0 Å². The van der Waals surface area contributed by atoms with Crippen LogP contribution in [0.4, 0.5) is 5.69 Å². The lowest BCUT2D eigenvalue weighted by molar-refractivity contribution is 0.412. The standard InChI is InChI=1S/C16H23NO4S/c1-6-15(22(18,19)20)17-14-9-12(21-5)7-8-13(14)11(2)10-16(17,3)4/h7-10,15H,6H2,1-5H3,(H,18,19,20). The molecule has 0 saturated carbocycles. The van der Waals surface area contributed by atoms with Crippen LogP contribution in [0.3, 0.4) is 0 Å². The van der Waals surface area contributed by atoms with Crippen molar-refractivity contribution in [3.8, 4) is 5.75 Å². The van der Waals surface area contributed by atoms with E-state index in [9.17, 15) is 13.0 Å². The Morgan fingerprint density at radius 3 is 2.50 bits per heavy atom. The van der Waals surface area contributed by atoms with Crippen LogP contribution in [-0.2, 0) is 10.1 Å². The highest BCUT2D eigenvalue weighted by atomic mass is 32.2. The smallest absolute Gasteiger partial charge is 0.286 e. The molecule has 1 unspecified atom stereocenters. The third-order valence-corrected chi connectivity index (χ3v) is 5.29. The van der Waals surface area contributed by atoms with E-state index in [1.165, 1.54) is 0 Å². The van der Waals surface area contributed by atoms with Gasteiger partial charge in [-0.05, 0) is 44.9 Å². The molecule has 1 aliphatic heterocycles. The van der Waals surface area contributed by atoms with Crippen LogP contribution in [0.1, 0.15) is 39.7 Å². The number of anilines is 1. The van der Waals surface area contributed by atoms with Crippen molar-refractivity contribution in [1.29, 1.82) is 0 Å². The highest BCUT2D eigenvalue weighted by Gasteiger charge is 2.40. The van der Waals surface area contributed by atoms with Crippen LogP contribution in [0.5, 0.6) is 5.75 Å². The number of benzene rings is 1. The first-order valence-corrected chi connectivity index (χ1v) is 8.75. The van der Waals surface area contributed by atoms with Crippen LogP contribution in [0.2, 0.25) is 0 Å². The number of nitrogens with zero attached hydrogens (tertiary/aromatic N) is 1. The fraction of sp³-hybridized carbons (Fsp3) is 0.500. The minimum atomic E-state index is -4.21. The van der Waals surface area contributed by atoms with E-state index in [1.807, 2.05) is 45.0 Å². The van der Waals surface area contributed by atoms with Gasteiger partial charge in [0.1, 0.15) is 5.75 Å². The van der Waals surface area contributed by atoms with Gasteiger partial charge in [0.2, 0.25) is 0 Å². The molecule has 6 heteroatoms. The zero-order valence-electron chi connectivity index (χ0n) is 13.6. The molecule has 122 valence electrons. The lowest BCUT2D eigenvalue weighted by atomic mass is 9.88. The van der Waals surface area contributed by atoms with Crippen LogP contribution in [0.15, 0.2) is 24.3 Å². The molecular weight excluding hydrogens is 302 g/mol. The maximum Gasteiger partial charge on any atom is 0.286 e. The molecule has 0 bridgehead atoms. The van der Waals surface area contributed by atoms with Gasteiger partial charge in [0, 0.05) is 17.3 Å². The van der Waals surface area contributed by atoms with Gasteiger partial charge in [-0.2, -0.15) is 8.42 Å². The number of fused-ring (bicyclic) bond motifs is 1. The average molecular weight is 325 g/mol. The van der Waals surface area contributed by atoms with Crippen molar-refractivity contribution in [1.82, 2.24) is 0 Å². The molecule has 1 heterocycles. The largest absolute Gasteiger partial charge is 0.497 e. The first-order valence-electron chi connectivity index (χ1n) is 7.25. The van der Waals surface area contributed by atoms with Crippen molar-refractivity contribution >= 4 is 21.4 Å². The van der Waals surface area contributed by atoms with E-state index in [1.54, 1.807) is 18.9 Å². The van der Waals surface area contributed by atoms with Gasteiger partial charge in [-0.3, -0.25) is 4.55 Å². The Balaban J connectivity index is 2.72. The van der Waals surface area contributed by atoms with Gasteiger partial charge in [-0.1, -0.05) is 13.0 Å². The fourth-order valence-corrected chi connectivity index (χ4v) is 4.28. The highest BCUT2D eigenvalue weighted by Crippen LogP contribution is 2.43. The van der Waals surface area contributed by atoms with Gasteiger partial charge in [-0.15, -0.1) is 0 Å². The molecule has 1 aliphatic rings. The zero-order valence-corrected chi connectivity index (χ0v) is 14.4. The summed E-state index contributed by atoms with van der Waals surface area (Å²) in [6.45, 7) is 7.62. The third-order valence-electron chi connectivity index (χ3n) is 4.06. The third kappa shape index (κ3) is 2.85. The first kappa shape index (κ1) is 16.8. The molecule has 0 saturated heterocycles. The topological polar surface area (TPSA) is 66.8 Å². The number of ether oxygens (including phenoxy) is 1. The Kier molecular flexibility index (Phi) is 4.28. The minimum Gasteiger partial charge on any atom is -0.497 e. The summed E-state index contributed by atoms with van der Waals surface area (Å²) in [5, 5.41) is -1.00. The number of methoxy groups -OCH3 is 1. The van der Waals surface area contributed by atoms with Gasteiger partial charge in [0.25, 0.3) is 10.1 Å². The van der Waals surface area contributed by atoms with Crippen LogP contribution >= 0.6 is 0 Å². The monoisotopic (exact) mass is 325 g/mol. The first-order chi connectivity index (χ1) is 10.1. The van der Waals surface area contributed by atoms with Crippen molar-refractivity contribution in [2.45, 2.75) is 45.0 Å². The lowest BCUT2D eigenvalue weighted by Gasteiger charge is -2.46. The lowest BCUT2D eigenvalue weighted by Crippen LogP contribution is -2.53. The summed E-state index contributed by atoms with van der Waals surface area (Å²) in [5.74, 6) is 0.652. The molecule has 1 aromatic carbocycles. The molecule has 0 spiro atoms. The van der Waals surface area contributed by atoms with Gasteiger partial charge in [-0.25, -0.2) is 0 Å². The fourth-order valence-electron chi connectivity index (χ4n) is 3.21. The molecular formula is C16H23NO4S. The van der Waals surface area contributed by atoms with Crippen LogP contribution in [-0.4, -0.2) is 31.0 Å². The summed E-state index contributed by atoms with van der Waals surface area (Å²) < 4.78 is 38.6. The number of hydrogen-bond donors (Lipinski definition) is 1. The van der Waals surface area contributed by atoms with E-state index in [-0.39, 0.29) is 6.42 Å². The molecule has 0 aliphatic carbocycles. The maximum absolute atomic E-state index is 11.9. The average Bonchev–Trinajstić information content (AvgIpc) is 2.40. The van der Waals surface area contributed by atoms with Crippen molar-refractivity contribution in [2.24, 2.45) is 0 Å². The molecule has 0 aromatic heterocycles. The van der Waals surface area contributed by atoms with Crippen molar-refractivity contribution < 1.29 is 17.7 Å². The van der Waals surface area contributed by atoms with Gasteiger partial charge in [0.15, 0.2) is 5.37 Å². The predicted molar refractivity (Wildman–Crippen MR) is 88.8 cm³/mol. The minimum absolute atomic E-state index is 0.284. The second kappa shape index (κ2) is 5.59. The molecule has 2 rings (SSSR count). The Hall–Kier alpha value is -1.53. The van der Waals surface area contributed by atoms with E-state index in [0.29, 0.717) is 5.75 Å². The van der Waals surface area contributed by atoms with E-state index in [2.05, 4.69) is 0 Å². The van der Waals surface area contributed by atoms with E-state index >= 15 is 0 Å². The van der Waals surface area contributed by atoms with E-state index < -0.39 is 21.0 Å². The van der Waals surface area contributed by atoms with Crippen molar-refractivity contribution in [3.63, 3.8) is 0 Å². The Morgan fingerprint density at radius 2 is 2.00 bits per heavy atom. The summed E-state index contributed by atoms with van der Waals surface area (Å²) in [4.78, 5) is 1.76. The zero-order chi connectivity index (χ0) is 16.7. The second-order valence-corrected chi connectivity index (χ2v) is 7.69. The molecule has 0 fully saturated rings. The summed E-state index contributed by atoms with van der Waals surface area (Å²) >= 11 is 0. The molecule has 1 aromatic rings. The summed E-state index contributed by atoms with van der Waals surface area (Å²) in [5.41, 5.74) is 2.24. The van der Waals surface area contributed by atoms with Gasteiger partial charge >= 0.3 is 0 Å². The second-order valence-electron chi connectivity index (χ2n) is 6.11. The predicted octanol–water partition coefficient (Wildman–Crippen LogP) is 3.32. The number of allylic oxidation sites excluding steroid dienone is 1. The van der Waals surface area contributed by atoms with E-state index in [4.69, 9.17) is 4.74 Å². The number of hydrogen-bond acceptors (Lipinski definition) is 4. The molecule has 5 nitrogen and oxygen atoms in total. The number of rotatable bonds is 4. The molecule has 22 heavy (non-hydrogen) atoms. The Bertz CT molecular complexity index is 707. The SMILES string of the molecule is CCC(N1c2cc(OC)ccc2C(C)=CC1(C)C)S(=O)(=O)O. The molecule has 0 amide bonds. The Morgan fingerprint density at radius 1 is 1.36 bits per heavy atom. The van der Waals surface area contributed by atoms with E-state index in [0.717, 1.165) is 16.8 Å². The summed E-state index contributed by atoms with van der Waals surface area (Å²) in [7, 11) is -2.64. The van der Waals surface area contributed by atoms with Gasteiger partial charge < -0.3 is 9.64 Å². The highest BCUT2D eigenvalue weighted by molar-refractivity contribution is 7.86. The summed E-state index contributed by atoms with van der Waals surface area (Å²) in [6, 6.07) is 5.58. The molecule has 1 atom stereocenters. The van der Waals surface area contributed by atoms with Crippen LogP contribution < -0.4 is 9.64 Å². The van der Waals surface area contributed by atoms with Gasteiger partial charge in [0.05, 0.1) is 12.6 Å². The molecule has 0 radical (unpaired) electrons. The van der Waals surface area contributed by atoms with Crippen molar-refractivity contribution in [3.05, 3.63) is 29.8 Å². The quantitative estimate of drug-likeness (QED) is 0.860. The Labute approximate surface area is 132 Å².